The summed E-state index contributed by atoms with van der Waals surface area (Å²) in [6, 6.07) is 18.4. The van der Waals surface area contributed by atoms with E-state index < -0.39 is 0 Å². The predicted octanol–water partition coefficient (Wildman–Crippen LogP) is 13.6. The van der Waals surface area contributed by atoms with Crippen LogP contribution in [-0.4, -0.2) is 16.5 Å². The number of nitrogens with zero attached hydrogens (tertiary/aromatic N) is 3. The third-order valence-electron chi connectivity index (χ3n) is 17.2. The minimum Gasteiger partial charge on any atom is -0.311 e. The molecule has 4 bridgehead atoms. The van der Waals surface area contributed by atoms with E-state index in [1.165, 1.54) is 136 Å². The Bertz CT molecular complexity index is 2620. The second-order valence-electron chi connectivity index (χ2n) is 24.2. The van der Waals surface area contributed by atoms with Gasteiger partial charge >= 0.3 is 0 Å². The van der Waals surface area contributed by atoms with Crippen molar-refractivity contribution >= 4 is 51.1 Å². The van der Waals surface area contributed by atoms with Gasteiger partial charge in [-0.05, 0) is 205 Å². The predicted molar refractivity (Wildman–Crippen MR) is 261 cm³/mol. The highest BCUT2D eigenvalue weighted by molar-refractivity contribution is 7.00. The van der Waals surface area contributed by atoms with E-state index in [1.54, 1.807) is 22.3 Å². The maximum absolute atomic E-state index is 5.94. The molecular formula is C57H72BN3. The molecule has 0 N–H and O–H groups in total. The molecule has 3 heterocycles. The first-order valence-corrected chi connectivity index (χ1v) is 24.7. The topological polar surface area (TPSA) is 21.1 Å². The molecule has 0 amide bonds. The van der Waals surface area contributed by atoms with Gasteiger partial charge in [0, 0.05) is 22.2 Å². The largest absolute Gasteiger partial charge is 0.311 e. The van der Waals surface area contributed by atoms with E-state index in [0.717, 1.165) is 23.7 Å². The molecule has 0 spiro atoms. The summed E-state index contributed by atoms with van der Waals surface area (Å²) < 4.78 is 2.50. The molecule has 4 aromatic carbocycles. The minimum atomic E-state index is -0.102. The Kier molecular flexibility index (Phi) is 8.93. The zero-order valence-electron chi connectivity index (χ0n) is 39.9. The maximum atomic E-state index is 5.94. The van der Waals surface area contributed by atoms with Crippen LogP contribution >= 0.6 is 0 Å². The van der Waals surface area contributed by atoms with Crippen LogP contribution in [0.15, 0.2) is 42.5 Å². The summed E-state index contributed by atoms with van der Waals surface area (Å²) in [6.45, 7) is 31.7. The highest BCUT2D eigenvalue weighted by Crippen LogP contribution is 2.55. The van der Waals surface area contributed by atoms with Gasteiger partial charge in [0.15, 0.2) is 0 Å². The summed E-state index contributed by atoms with van der Waals surface area (Å²) in [6.07, 6.45) is 12.0. The van der Waals surface area contributed by atoms with Gasteiger partial charge in [-0.15, -0.1) is 0 Å². The molecule has 8 atom stereocenters. The highest BCUT2D eigenvalue weighted by Gasteiger charge is 2.48. The van der Waals surface area contributed by atoms with Gasteiger partial charge in [-0.3, -0.25) is 0 Å². The monoisotopic (exact) mass is 810 g/mol. The van der Waals surface area contributed by atoms with E-state index in [4.69, 9.17) is 5.10 Å². The molecule has 3 nitrogen and oxygen atoms in total. The molecule has 8 unspecified atom stereocenters. The Balaban J connectivity index is 1.31. The van der Waals surface area contributed by atoms with Crippen LogP contribution in [0.2, 0.25) is 0 Å². The van der Waals surface area contributed by atoms with Crippen molar-refractivity contribution in [3.05, 3.63) is 92.7 Å². The Morgan fingerprint density at radius 3 is 1.90 bits per heavy atom. The zero-order chi connectivity index (χ0) is 42.8. The molecule has 2 fully saturated rings. The van der Waals surface area contributed by atoms with Gasteiger partial charge in [0.25, 0.3) is 6.71 Å². The summed E-state index contributed by atoms with van der Waals surface area (Å²) in [5.74, 6) is 5.57. The van der Waals surface area contributed by atoms with Crippen LogP contribution in [0.25, 0.3) is 16.6 Å². The Morgan fingerprint density at radius 2 is 1.26 bits per heavy atom. The van der Waals surface area contributed by atoms with E-state index in [1.807, 2.05) is 0 Å². The van der Waals surface area contributed by atoms with Gasteiger partial charge in [0.05, 0.1) is 22.6 Å². The zero-order valence-corrected chi connectivity index (χ0v) is 39.9. The number of hydrogen-bond donors (Lipinski definition) is 0. The van der Waals surface area contributed by atoms with Crippen molar-refractivity contribution in [2.24, 2.45) is 23.7 Å². The lowest BCUT2D eigenvalue weighted by molar-refractivity contribution is 0.241. The lowest BCUT2D eigenvalue weighted by Gasteiger charge is -2.43. The first-order chi connectivity index (χ1) is 28.9. The van der Waals surface area contributed by atoms with Crippen molar-refractivity contribution in [3.63, 3.8) is 0 Å². The van der Waals surface area contributed by atoms with Crippen LogP contribution in [0.4, 0.5) is 17.1 Å². The molecule has 6 aliphatic rings. The average Bonchev–Trinajstić information content (AvgIpc) is 3.51. The number of anilines is 3. The fourth-order valence-electron chi connectivity index (χ4n) is 14.9. The molecule has 2 saturated carbocycles. The summed E-state index contributed by atoms with van der Waals surface area (Å²) in [5.41, 5.74) is 24.6. The molecule has 4 heteroatoms. The molecule has 4 aliphatic carbocycles. The Hall–Kier alpha value is -3.79. The van der Waals surface area contributed by atoms with E-state index in [2.05, 4.69) is 142 Å². The molecule has 1 aromatic heterocycles. The number of benzene rings is 4. The molecule has 61 heavy (non-hydrogen) atoms. The van der Waals surface area contributed by atoms with Gasteiger partial charge < -0.3 is 4.90 Å². The quantitative estimate of drug-likeness (QED) is 0.162. The van der Waals surface area contributed by atoms with Crippen molar-refractivity contribution in [1.29, 1.82) is 0 Å². The fourth-order valence-corrected chi connectivity index (χ4v) is 14.9. The SMILES string of the molecule is CCC1CC2CC(C)CC(C2)c2cc3c4c(c(C(C)(C)C)nn4-c4cc(C(C)(C)C)cc5c4B3c3cc4c(cc3N5c3c(C)cc(C)cc3C)C(C)CC3CC(C)CC4C3)c21. The van der Waals surface area contributed by atoms with Gasteiger partial charge in [0.1, 0.15) is 0 Å². The summed E-state index contributed by atoms with van der Waals surface area (Å²) in [4.78, 5) is 2.76. The molecule has 2 aliphatic heterocycles. The van der Waals surface area contributed by atoms with Gasteiger partial charge in [-0.2, -0.15) is 5.10 Å². The summed E-state index contributed by atoms with van der Waals surface area (Å²) >= 11 is 0. The van der Waals surface area contributed by atoms with Gasteiger partial charge in [-0.1, -0.05) is 99.1 Å². The normalized spacial score (nSPS) is 27.6. The fraction of sp³-hybridized carbons (Fsp3) is 0.561. The van der Waals surface area contributed by atoms with E-state index in [9.17, 15) is 0 Å². The van der Waals surface area contributed by atoms with Crippen molar-refractivity contribution in [2.75, 3.05) is 4.90 Å². The molecule has 0 radical (unpaired) electrons. The van der Waals surface area contributed by atoms with Crippen LogP contribution in [-0.2, 0) is 10.8 Å². The third-order valence-corrected chi connectivity index (χ3v) is 17.2. The smallest absolute Gasteiger partial charge is 0.252 e. The molecule has 11 rings (SSSR count). The van der Waals surface area contributed by atoms with Crippen LogP contribution < -0.4 is 21.3 Å². The van der Waals surface area contributed by atoms with Crippen molar-refractivity contribution in [1.82, 2.24) is 9.78 Å². The van der Waals surface area contributed by atoms with Crippen molar-refractivity contribution in [2.45, 2.75) is 182 Å². The number of aryl methyl sites for hydroxylation is 3. The summed E-state index contributed by atoms with van der Waals surface area (Å²) in [7, 11) is 0. The molecule has 0 saturated heterocycles. The molecule has 318 valence electrons. The van der Waals surface area contributed by atoms with Crippen LogP contribution in [0, 0.1) is 44.4 Å². The maximum Gasteiger partial charge on any atom is 0.252 e. The van der Waals surface area contributed by atoms with E-state index >= 15 is 0 Å². The third kappa shape index (κ3) is 5.98. The van der Waals surface area contributed by atoms with Crippen LogP contribution in [0.1, 0.15) is 201 Å². The van der Waals surface area contributed by atoms with E-state index in [0.29, 0.717) is 23.7 Å². The highest BCUT2D eigenvalue weighted by atomic mass is 15.3. The van der Waals surface area contributed by atoms with E-state index in [-0.39, 0.29) is 17.5 Å². The van der Waals surface area contributed by atoms with Crippen molar-refractivity contribution in [3.8, 4) is 5.69 Å². The standard InChI is InChI=1S/C57H72BN3/c1-14-38-22-37-18-32(4)20-40(24-37)44-28-46-54-51(50(38)44)55(57(11,12)13)59-61(54)49-26-41(56(8,9)10)25-48-52(49)58(46)45-27-43-39-19-31(3)17-36(23-39)21-33(5)42(43)29-47(45)60(48)53-34(6)15-30(2)16-35(53)7/h15-16,25-29,31-33,36-40H,14,17-24H2,1-13H3. The van der Waals surface area contributed by atoms with Gasteiger partial charge in [0.2, 0.25) is 0 Å². The second kappa shape index (κ2) is 13.6. The first kappa shape index (κ1) is 40.0. The Morgan fingerprint density at radius 1 is 0.639 bits per heavy atom. The first-order valence-electron chi connectivity index (χ1n) is 24.7. The van der Waals surface area contributed by atoms with Crippen molar-refractivity contribution < 1.29 is 0 Å². The lowest BCUT2D eigenvalue weighted by Crippen LogP contribution is -2.61. The average molecular weight is 810 g/mol. The number of aromatic nitrogens is 2. The molecule has 5 aromatic rings. The summed E-state index contributed by atoms with van der Waals surface area (Å²) in [5, 5.41) is 7.45. The minimum absolute atomic E-state index is 0.0462. The van der Waals surface area contributed by atoms with Crippen LogP contribution in [0.3, 0.4) is 0 Å². The number of fused-ring (bicyclic) bond motifs is 13. The van der Waals surface area contributed by atoms with Crippen LogP contribution in [0.5, 0.6) is 0 Å². The lowest BCUT2D eigenvalue weighted by atomic mass is 9.33. The van der Waals surface area contributed by atoms with Gasteiger partial charge in [-0.25, -0.2) is 4.68 Å². The number of hydrogen-bond acceptors (Lipinski definition) is 2. The number of rotatable bonds is 2. The Labute approximate surface area is 368 Å². The second-order valence-corrected chi connectivity index (χ2v) is 24.2. The molecular weight excluding hydrogens is 737 g/mol.